The van der Waals surface area contributed by atoms with E-state index in [2.05, 4.69) is 21.5 Å². The van der Waals surface area contributed by atoms with E-state index in [-0.39, 0.29) is 10.8 Å². The number of nitro benzene ring substituents is 1. The van der Waals surface area contributed by atoms with Gasteiger partial charge in [-0.1, -0.05) is 12.1 Å². The molecule has 9 heteroatoms. The van der Waals surface area contributed by atoms with E-state index in [4.69, 9.17) is 24.4 Å². The molecule has 0 aliphatic carbocycles. The highest BCUT2D eigenvalue weighted by atomic mass is 32.1. The molecule has 19 heavy (non-hydrogen) atoms. The molecule has 0 fully saturated rings. The zero-order valence-electron chi connectivity index (χ0n) is 10.1. The van der Waals surface area contributed by atoms with Crippen LogP contribution >= 0.6 is 24.4 Å². The molecule has 0 unspecified atom stereocenters. The van der Waals surface area contributed by atoms with Crippen LogP contribution in [0.5, 0.6) is 0 Å². The molecule has 0 amide bonds. The van der Waals surface area contributed by atoms with E-state index in [1.165, 1.54) is 6.07 Å². The first-order valence-electron chi connectivity index (χ1n) is 5.39. The Kier molecular flexibility index (Phi) is 5.90. The Morgan fingerprint density at radius 1 is 1.26 bits per heavy atom. The van der Waals surface area contributed by atoms with Crippen LogP contribution in [0.4, 0.5) is 11.4 Å². The van der Waals surface area contributed by atoms with E-state index in [0.717, 1.165) is 0 Å². The molecular formula is C10H13N5O2S2. The first-order chi connectivity index (χ1) is 9.04. The molecule has 0 bridgehead atoms. The maximum atomic E-state index is 10.8. The Hall–Kier alpha value is -2.00. The number of thiocarbonyl (C=S) groups is 2. The maximum Gasteiger partial charge on any atom is 0.292 e. The third kappa shape index (κ3) is 5.02. The lowest BCUT2D eigenvalue weighted by Gasteiger charge is -2.13. The molecule has 102 valence electrons. The third-order valence-corrected chi connectivity index (χ3v) is 2.43. The molecule has 0 atom stereocenters. The number of hydrazine groups is 1. The number of rotatable bonds is 3. The van der Waals surface area contributed by atoms with Gasteiger partial charge < -0.3 is 10.6 Å². The van der Waals surface area contributed by atoms with E-state index in [9.17, 15) is 10.1 Å². The molecule has 0 saturated carbocycles. The molecule has 1 aromatic rings. The lowest BCUT2D eigenvalue weighted by atomic mass is 10.3. The van der Waals surface area contributed by atoms with Gasteiger partial charge >= 0.3 is 0 Å². The van der Waals surface area contributed by atoms with Crippen molar-refractivity contribution in [3.05, 3.63) is 34.4 Å². The minimum absolute atomic E-state index is 0.0547. The number of para-hydroxylation sites is 2. The van der Waals surface area contributed by atoms with Gasteiger partial charge in [0.25, 0.3) is 5.69 Å². The van der Waals surface area contributed by atoms with Gasteiger partial charge in [-0.25, -0.2) is 0 Å². The Balaban J connectivity index is 2.58. The van der Waals surface area contributed by atoms with Crippen molar-refractivity contribution in [1.29, 1.82) is 0 Å². The van der Waals surface area contributed by atoms with E-state index in [0.29, 0.717) is 17.3 Å². The number of hydrogen-bond acceptors (Lipinski definition) is 4. The Morgan fingerprint density at radius 2 is 1.89 bits per heavy atom. The van der Waals surface area contributed by atoms with Crippen LogP contribution in [-0.2, 0) is 0 Å². The third-order valence-electron chi connectivity index (χ3n) is 1.98. The van der Waals surface area contributed by atoms with Crippen molar-refractivity contribution in [2.75, 3.05) is 11.9 Å². The summed E-state index contributed by atoms with van der Waals surface area (Å²) in [5, 5.41) is 16.9. The van der Waals surface area contributed by atoms with Gasteiger partial charge in [-0.2, -0.15) is 0 Å². The minimum Gasteiger partial charge on any atom is -0.362 e. The van der Waals surface area contributed by atoms with Gasteiger partial charge in [0.1, 0.15) is 5.69 Å². The quantitative estimate of drug-likeness (QED) is 0.377. The smallest absolute Gasteiger partial charge is 0.292 e. The average molecular weight is 299 g/mol. The summed E-state index contributed by atoms with van der Waals surface area (Å²) in [6.07, 6.45) is 0. The SMILES string of the molecule is CCNC(=S)NNC(=S)Nc1ccccc1[N+](=O)[O-]. The molecule has 0 aromatic heterocycles. The summed E-state index contributed by atoms with van der Waals surface area (Å²) in [5.74, 6) is 0. The van der Waals surface area contributed by atoms with Crippen molar-refractivity contribution in [1.82, 2.24) is 16.2 Å². The van der Waals surface area contributed by atoms with Crippen LogP contribution in [0.15, 0.2) is 24.3 Å². The molecule has 0 spiro atoms. The number of nitrogens with one attached hydrogen (secondary N) is 4. The van der Waals surface area contributed by atoms with Crippen molar-refractivity contribution in [3.63, 3.8) is 0 Å². The van der Waals surface area contributed by atoms with Gasteiger partial charge in [-0.05, 0) is 37.4 Å². The van der Waals surface area contributed by atoms with Crippen LogP contribution in [0, 0.1) is 10.1 Å². The monoisotopic (exact) mass is 299 g/mol. The van der Waals surface area contributed by atoms with Crippen LogP contribution < -0.4 is 21.5 Å². The van der Waals surface area contributed by atoms with Crippen LogP contribution in [-0.4, -0.2) is 21.7 Å². The predicted molar refractivity (Wildman–Crippen MR) is 81.9 cm³/mol. The molecule has 0 saturated heterocycles. The van der Waals surface area contributed by atoms with Crippen molar-refractivity contribution in [2.24, 2.45) is 0 Å². The summed E-state index contributed by atoms with van der Waals surface area (Å²) in [6.45, 7) is 2.58. The molecular weight excluding hydrogens is 286 g/mol. The van der Waals surface area contributed by atoms with E-state index >= 15 is 0 Å². The Labute approximate surface area is 120 Å². The van der Waals surface area contributed by atoms with Gasteiger partial charge in [-0.3, -0.25) is 21.0 Å². The van der Waals surface area contributed by atoms with Crippen LogP contribution in [0.2, 0.25) is 0 Å². The van der Waals surface area contributed by atoms with Gasteiger partial charge in [-0.15, -0.1) is 0 Å². The first-order valence-corrected chi connectivity index (χ1v) is 6.20. The first kappa shape index (κ1) is 15.1. The normalized spacial score (nSPS) is 9.32. The van der Waals surface area contributed by atoms with Crippen molar-refractivity contribution in [3.8, 4) is 0 Å². The standard InChI is InChI=1S/C10H13N5O2S2/c1-2-11-9(18)13-14-10(19)12-7-5-3-4-6-8(7)15(16)17/h3-6H,2H2,1H3,(H2,11,13,18)(H2,12,14,19). The Morgan fingerprint density at radius 3 is 2.53 bits per heavy atom. The summed E-state index contributed by atoms with van der Waals surface area (Å²) < 4.78 is 0. The van der Waals surface area contributed by atoms with Gasteiger partial charge in [0, 0.05) is 12.6 Å². The zero-order valence-corrected chi connectivity index (χ0v) is 11.7. The number of benzene rings is 1. The lowest BCUT2D eigenvalue weighted by Crippen LogP contribution is -2.48. The predicted octanol–water partition coefficient (Wildman–Crippen LogP) is 1.28. The molecule has 4 N–H and O–H groups in total. The molecule has 0 radical (unpaired) electrons. The second-order valence-electron chi connectivity index (χ2n) is 3.34. The molecule has 1 aromatic carbocycles. The Bertz CT molecular complexity index is 495. The largest absolute Gasteiger partial charge is 0.362 e. The molecule has 0 aliphatic heterocycles. The number of anilines is 1. The summed E-state index contributed by atoms with van der Waals surface area (Å²) in [5.41, 5.74) is 5.53. The topological polar surface area (TPSA) is 91.3 Å². The van der Waals surface area contributed by atoms with Gasteiger partial charge in [0.05, 0.1) is 4.92 Å². The average Bonchev–Trinajstić information content (AvgIpc) is 2.37. The number of hydrogen-bond donors (Lipinski definition) is 4. The van der Waals surface area contributed by atoms with Gasteiger partial charge in [0.2, 0.25) is 0 Å². The van der Waals surface area contributed by atoms with Crippen LogP contribution in [0.1, 0.15) is 6.92 Å². The summed E-state index contributed by atoms with van der Waals surface area (Å²) in [4.78, 5) is 10.3. The van der Waals surface area contributed by atoms with Crippen LogP contribution in [0.3, 0.4) is 0 Å². The fraction of sp³-hybridized carbons (Fsp3) is 0.200. The zero-order chi connectivity index (χ0) is 14.3. The second-order valence-corrected chi connectivity index (χ2v) is 4.15. The summed E-state index contributed by atoms with van der Waals surface area (Å²) in [6, 6.07) is 6.21. The fourth-order valence-corrected chi connectivity index (χ4v) is 1.57. The number of nitro groups is 1. The molecule has 0 aliphatic rings. The summed E-state index contributed by atoms with van der Waals surface area (Å²) in [7, 11) is 0. The molecule has 7 nitrogen and oxygen atoms in total. The lowest BCUT2D eigenvalue weighted by molar-refractivity contribution is -0.383. The van der Waals surface area contributed by atoms with Gasteiger partial charge in [0.15, 0.2) is 10.2 Å². The van der Waals surface area contributed by atoms with E-state index < -0.39 is 4.92 Å². The summed E-state index contributed by atoms with van der Waals surface area (Å²) >= 11 is 9.91. The van der Waals surface area contributed by atoms with E-state index in [1.807, 2.05) is 6.92 Å². The van der Waals surface area contributed by atoms with Crippen LogP contribution in [0.25, 0.3) is 0 Å². The van der Waals surface area contributed by atoms with E-state index in [1.54, 1.807) is 18.2 Å². The van der Waals surface area contributed by atoms with Crippen molar-refractivity contribution in [2.45, 2.75) is 6.92 Å². The minimum atomic E-state index is -0.484. The molecule has 0 heterocycles. The fourth-order valence-electron chi connectivity index (χ4n) is 1.21. The second kappa shape index (κ2) is 7.44. The number of nitrogens with zero attached hydrogens (tertiary/aromatic N) is 1. The molecule has 1 rings (SSSR count). The maximum absolute atomic E-state index is 10.8. The highest BCUT2D eigenvalue weighted by Gasteiger charge is 2.12. The highest BCUT2D eigenvalue weighted by molar-refractivity contribution is 7.80. The highest BCUT2D eigenvalue weighted by Crippen LogP contribution is 2.22. The van der Waals surface area contributed by atoms with Crippen molar-refractivity contribution < 1.29 is 4.92 Å². The van der Waals surface area contributed by atoms with Crippen molar-refractivity contribution >= 4 is 46.0 Å².